The van der Waals surface area contributed by atoms with Gasteiger partial charge in [0.25, 0.3) is 5.56 Å². The fraction of sp³-hybridized carbons (Fsp3) is 0.394. The lowest BCUT2D eigenvalue weighted by Gasteiger charge is -2.38. The maximum Gasteiger partial charge on any atom is 0.260 e. The number of rotatable bonds is 6. The minimum Gasteiger partial charge on any atom is -0.369 e. The Morgan fingerprint density at radius 1 is 0.932 bits per heavy atom. The van der Waals surface area contributed by atoms with Crippen molar-refractivity contribution in [2.24, 2.45) is 7.05 Å². The predicted molar refractivity (Wildman–Crippen MR) is 170 cm³/mol. The third-order valence-corrected chi connectivity index (χ3v) is 9.60. The van der Waals surface area contributed by atoms with E-state index in [-0.39, 0.29) is 11.6 Å². The van der Waals surface area contributed by atoms with E-state index in [1.807, 2.05) is 41.0 Å². The highest BCUT2D eigenvalue weighted by Gasteiger charge is 2.30. The van der Waals surface area contributed by atoms with E-state index in [0.29, 0.717) is 34.6 Å². The molecule has 3 fully saturated rings. The number of hydrogen-bond donors (Lipinski definition) is 2. The normalized spacial score (nSPS) is 19.1. The number of fused-ring (bicyclic) bond motifs is 2. The van der Waals surface area contributed by atoms with E-state index in [1.54, 1.807) is 12.4 Å². The largest absolute Gasteiger partial charge is 0.369 e. The van der Waals surface area contributed by atoms with Crippen LogP contribution in [0.3, 0.4) is 0 Å². The van der Waals surface area contributed by atoms with Crippen molar-refractivity contribution < 1.29 is 4.57 Å². The third kappa shape index (κ3) is 4.90. The summed E-state index contributed by atoms with van der Waals surface area (Å²) in [6.45, 7) is 4.56. The molecule has 1 saturated carbocycles. The Labute approximate surface area is 255 Å². The summed E-state index contributed by atoms with van der Waals surface area (Å²) in [6, 6.07) is 11.2. The van der Waals surface area contributed by atoms with Gasteiger partial charge in [-0.3, -0.25) is 14.3 Å². The van der Waals surface area contributed by atoms with Crippen LogP contribution in [0.25, 0.3) is 33.7 Å². The lowest BCUT2D eigenvalue weighted by molar-refractivity contribution is -0.659. The second kappa shape index (κ2) is 11.1. The van der Waals surface area contributed by atoms with Crippen LogP contribution in [0.5, 0.6) is 0 Å². The summed E-state index contributed by atoms with van der Waals surface area (Å²) in [6.07, 6.45) is 15.7. The number of aromatic amines is 1. The number of H-pyrrole nitrogens is 1. The highest BCUT2D eigenvalue weighted by Crippen LogP contribution is 2.32. The Kier molecular flexibility index (Phi) is 6.82. The SMILES string of the molecule is C[n+]1c[nH]cc1-c1ncc(-c2cc3cnc(Nc4ccc(N5CCN6CCCC6C5)cc4)nc3n(C3CCCC3)c2=O)cn1. The Morgan fingerprint density at radius 3 is 2.50 bits per heavy atom. The van der Waals surface area contributed by atoms with Crippen LogP contribution in [0.1, 0.15) is 44.6 Å². The van der Waals surface area contributed by atoms with Gasteiger partial charge in [-0.1, -0.05) is 12.8 Å². The van der Waals surface area contributed by atoms with E-state index >= 15 is 0 Å². The lowest BCUT2D eigenvalue weighted by Crippen LogP contribution is -2.50. The molecule has 0 radical (unpaired) electrons. The molecule has 4 aromatic heterocycles. The molecule has 1 aliphatic carbocycles. The van der Waals surface area contributed by atoms with Gasteiger partial charge >= 0.3 is 0 Å². The first-order valence-electron chi connectivity index (χ1n) is 15.7. The second-order valence-electron chi connectivity index (χ2n) is 12.3. The minimum absolute atomic E-state index is 0.0655. The molecule has 44 heavy (non-hydrogen) atoms. The van der Waals surface area contributed by atoms with Crippen molar-refractivity contribution in [2.75, 3.05) is 36.4 Å². The molecule has 0 spiro atoms. The van der Waals surface area contributed by atoms with E-state index in [2.05, 4.69) is 59.3 Å². The molecule has 2 saturated heterocycles. The number of aryl methyl sites for hydroxylation is 1. The maximum absolute atomic E-state index is 14.1. The summed E-state index contributed by atoms with van der Waals surface area (Å²) in [5.74, 6) is 1.08. The van der Waals surface area contributed by atoms with Crippen LogP contribution in [0, 0.1) is 0 Å². The first kappa shape index (κ1) is 26.9. The van der Waals surface area contributed by atoms with Crippen molar-refractivity contribution in [1.29, 1.82) is 0 Å². The number of benzene rings is 1. The van der Waals surface area contributed by atoms with Crippen LogP contribution in [0.15, 0.2) is 66.2 Å². The third-order valence-electron chi connectivity index (χ3n) is 9.60. The molecule has 1 aromatic carbocycles. The average molecular weight is 590 g/mol. The molecule has 11 heteroatoms. The topological polar surface area (TPSA) is 112 Å². The Hall–Kier alpha value is -4.64. The molecule has 5 aromatic rings. The quantitative estimate of drug-likeness (QED) is 0.284. The van der Waals surface area contributed by atoms with Crippen molar-refractivity contribution in [3.63, 3.8) is 0 Å². The highest BCUT2D eigenvalue weighted by atomic mass is 16.1. The molecular weight excluding hydrogens is 552 g/mol. The van der Waals surface area contributed by atoms with Crippen molar-refractivity contribution >= 4 is 28.4 Å². The number of hydrogen-bond acceptors (Lipinski definition) is 8. The zero-order chi connectivity index (χ0) is 29.6. The molecular formula is C33H37N10O+. The monoisotopic (exact) mass is 589 g/mol. The van der Waals surface area contributed by atoms with Crippen molar-refractivity contribution in [1.82, 2.24) is 34.4 Å². The minimum atomic E-state index is -0.0655. The average Bonchev–Trinajstić information content (AvgIpc) is 3.84. The Bertz CT molecular complexity index is 1860. The predicted octanol–water partition coefficient (Wildman–Crippen LogP) is 4.21. The van der Waals surface area contributed by atoms with E-state index < -0.39 is 0 Å². The fourth-order valence-corrected chi connectivity index (χ4v) is 7.22. The zero-order valence-corrected chi connectivity index (χ0v) is 25.0. The number of piperazine rings is 1. The summed E-state index contributed by atoms with van der Waals surface area (Å²) in [5.41, 5.74) is 4.88. The van der Waals surface area contributed by atoms with Gasteiger partial charge in [0.2, 0.25) is 23.8 Å². The van der Waals surface area contributed by atoms with Gasteiger partial charge in [0.05, 0.1) is 12.6 Å². The number of imidazole rings is 1. The first-order valence-corrected chi connectivity index (χ1v) is 15.7. The summed E-state index contributed by atoms with van der Waals surface area (Å²) >= 11 is 0. The van der Waals surface area contributed by atoms with Crippen LogP contribution >= 0.6 is 0 Å². The molecule has 1 atom stereocenters. The molecule has 1 unspecified atom stereocenters. The Morgan fingerprint density at radius 2 is 1.73 bits per heavy atom. The lowest BCUT2D eigenvalue weighted by atomic mass is 10.1. The van der Waals surface area contributed by atoms with Crippen LogP contribution in [-0.2, 0) is 7.05 Å². The summed E-state index contributed by atoms with van der Waals surface area (Å²) in [7, 11) is 1.93. The van der Waals surface area contributed by atoms with E-state index in [0.717, 1.165) is 62.1 Å². The van der Waals surface area contributed by atoms with E-state index in [1.165, 1.54) is 25.1 Å². The number of aromatic nitrogens is 7. The molecule has 11 nitrogen and oxygen atoms in total. The molecule has 224 valence electrons. The molecule has 6 heterocycles. The molecule has 2 N–H and O–H groups in total. The van der Waals surface area contributed by atoms with Crippen LogP contribution in [-0.4, -0.2) is 66.6 Å². The van der Waals surface area contributed by atoms with Gasteiger partial charge in [-0.15, -0.1) is 0 Å². The van der Waals surface area contributed by atoms with Gasteiger partial charge < -0.3 is 10.2 Å². The van der Waals surface area contributed by atoms with Crippen LogP contribution < -0.4 is 20.3 Å². The maximum atomic E-state index is 14.1. The molecule has 2 aliphatic heterocycles. The van der Waals surface area contributed by atoms with Crippen LogP contribution in [0.4, 0.5) is 17.3 Å². The van der Waals surface area contributed by atoms with Crippen LogP contribution in [0.2, 0.25) is 0 Å². The van der Waals surface area contributed by atoms with Gasteiger partial charge in [0, 0.05) is 72.6 Å². The molecule has 8 rings (SSSR count). The molecule has 3 aliphatic rings. The van der Waals surface area contributed by atoms with Gasteiger partial charge in [0.1, 0.15) is 11.8 Å². The van der Waals surface area contributed by atoms with Crippen molar-refractivity contribution in [2.45, 2.75) is 50.6 Å². The van der Waals surface area contributed by atoms with Gasteiger partial charge in [-0.05, 0) is 62.6 Å². The fourth-order valence-electron chi connectivity index (χ4n) is 7.22. The van der Waals surface area contributed by atoms with Gasteiger partial charge in [0.15, 0.2) is 0 Å². The molecule has 0 bridgehead atoms. The van der Waals surface area contributed by atoms with Crippen molar-refractivity contribution in [3.05, 3.63) is 71.8 Å². The van der Waals surface area contributed by atoms with Crippen molar-refractivity contribution in [3.8, 4) is 22.6 Å². The smallest absolute Gasteiger partial charge is 0.260 e. The van der Waals surface area contributed by atoms with E-state index in [4.69, 9.17) is 4.98 Å². The zero-order valence-electron chi connectivity index (χ0n) is 25.0. The molecule has 0 amide bonds. The standard InChI is InChI=1S/C33H36N10O/c1-40-21-34-19-29(40)30-35-17-23(18-36-30)28-15-22-16-37-33(39-31(22)43(32(28)44)26-5-2-3-6-26)38-24-8-10-25(11-9-24)42-14-13-41-12-4-7-27(41)20-42/h8-11,15-19,21,26-27H,2-7,12-14,20H2,1H3,(H,37,38,39,44)/p+1. The number of nitrogens with zero attached hydrogens (tertiary/aromatic N) is 8. The van der Waals surface area contributed by atoms with Gasteiger partial charge in [-0.2, -0.15) is 4.98 Å². The van der Waals surface area contributed by atoms with Gasteiger partial charge in [-0.25, -0.2) is 24.5 Å². The Balaban J connectivity index is 1.09. The number of anilines is 3. The highest BCUT2D eigenvalue weighted by molar-refractivity contribution is 5.82. The summed E-state index contributed by atoms with van der Waals surface area (Å²) in [5, 5.41) is 4.20. The number of nitrogens with one attached hydrogen (secondary N) is 2. The first-order chi connectivity index (χ1) is 21.6. The van der Waals surface area contributed by atoms with E-state index in [9.17, 15) is 4.79 Å². The number of pyridine rings is 1. The second-order valence-corrected chi connectivity index (χ2v) is 12.3. The summed E-state index contributed by atoms with van der Waals surface area (Å²) < 4.78 is 3.81. The summed E-state index contributed by atoms with van der Waals surface area (Å²) in [4.78, 5) is 41.0.